The van der Waals surface area contributed by atoms with E-state index >= 15 is 0 Å². The van der Waals surface area contributed by atoms with Crippen LogP contribution < -0.4 is 15.5 Å². The second-order valence-electron chi connectivity index (χ2n) is 9.07. The number of carbonyl (C=O) groups is 2. The van der Waals surface area contributed by atoms with Crippen molar-refractivity contribution in [1.29, 1.82) is 0 Å². The number of nitrogens with one attached hydrogen (secondary N) is 2. The van der Waals surface area contributed by atoms with Gasteiger partial charge in [-0.25, -0.2) is 14.7 Å². The Bertz CT molecular complexity index is 979. The first-order valence-corrected chi connectivity index (χ1v) is 11.9. The fourth-order valence-electron chi connectivity index (χ4n) is 4.74. The van der Waals surface area contributed by atoms with Crippen molar-refractivity contribution in [3.8, 4) is 0 Å². The molecule has 1 unspecified atom stereocenters. The van der Waals surface area contributed by atoms with Crippen molar-refractivity contribution in [2.24, 2.45) is 0 Å². The van der Waals surface area contributed by atoms with Crippen molar-refractivity contribution < 1.29 is 9.59 Å². The van der Waals surface area contributed by atoms with E-state index in [1.807, 2.05) is 6.07 Å². The second kappa shape index (κ2) is 10.8. The number of nitrogens with zero attached hydrogens (tertiary/aromatic N) is 4. The van der Waals surface area contributed by atoms with E-state index in [1.54, 1.807) is 36.5 Å². The van der Waals surface area contributed by atoms with Gasteiger partial charge in [-0.15, -0.1) is 0 Å². The highest BCUT2D eigenvalue weighted by molar-refractivity contribution is 6.16. The molecule has 3 heterocycles. The third kappa shape index (κ3) is 5.51. The number of urea groups is 1. The van der Waals surface area contributed by atoms with Gasteiger partial charge in [0.1, 0.15) is 0 Å². The SMILES string of the molecule is CN(C)CC1CCCCN1CCCCNC(=O)N1c2ccccc2C(=O)Nc2cccnc21. The van der Waals surface area contributed by atoms with Crippen molar-refractivity contribution in [2.45, 2.75) is 38.1 Å². The Hall–Kier alpha value is -2.97. The predicted molar refractivity (Wildman–Crippen MR) is 131 cm³/mol. The summed E-state index contributed by atoms with van der Waals surface area (Å²) >= 11 is 0. The number of unbranched alkanes of at least 4 members (excludes halogenated alkanes) is 1. The van der Waals surface area contributed by atoms with E-state index in [-0.39, 0.29) is 11.9 Å². The lowest BCUT2D eigenvalue weighted by atomic mass is 10.0. The number of likely N-dealkylation sites (N-methyl/N-ethyl adjacent to an activating group) is 1. The Kier molecular flexibility index (Phi) is 7.57. The van der Waals surface area contributed by atoms with E-state index in [4.69, 9.17) is 0 Å². The van der Waals surface area contributed by atoms with Crippen LogP contribution in [-0.4, -0.2) is 73.0 Å². The molecule has 1 aromatic carbocycles. The highest BCUT2D eigenvalue weighted by Gasteiger charge is 2.30. The summed E-state index contributed by atoms with van der Waals surface area (Å²) in [5.41, 5.74) is 1.50. The Morgan fingerprint density at radius 2 is 2.03 bits per heavy atom. The van der Waals surface area contributed by atoms with Gasteiger partial charge in [0.2, 0.25) is 0 Å². The first kappa shape index (κ1) is 23.2. The lowest BCUT2D eigenvalue weighted by molar-refractivity contribution is 0.102. The smallest absolute Gasteiger partial charge is 0.327 e. The summed E-state index contributed by atoms with van der Waals surface area (Å²) < 4.78 is 0. The van der Waals surface area contributed by atoms with Gasteiger partial charge in [-0.1, -0.05) is 18.6 Å². The largest absolute Gasteiger partial charge is 0.337 e. The first-order chi connectivity index (χ1) is 16.0. The van der Waals surface area contributed by atoms with E-state index in [1.165, 1.54) is 30.7 Å². The van der Waals surface area contributed by atoms with Gasteiger partial charge in [0.05, 0.1) is 16.9 Å². The van der Waals surface area contributed by atoms with Crippen molar-refractivity contribution in [1.82, 2.24) is 20.1 Å². The molecule has 0 saturated carbocycles. The normalized spacial score (nSPS) is 18.3. The molecule has 2 aromatic rings. The molecule has 8 heteroatoms. The summed E-state index contributed by atoms with van der Waals surface area (Å²) in [6.07, 6.45) is 7.42. The fourth-order valence-corrected chi connectivity index (χ4v) is 4.74. The number of anilines is 3. The van der Waals surface area contributed by atoms with Crippen LogP contribution in [0.4, 0.5) is 22.0 Å². The number of benzene rings is 1. The van der Waals surface area contributed by atoms with Crippen LogP contribution >= 0.6 is 0 Å². The van der Waals surface area contributed by atoms with E-state index < -0.39 is 0 Å². The Labute approximate surface area is 196 Å². The van der Waals surface area contributed by atoms with Crippen LogP contribution in [0.15, 0.2) is 42.6 Å². The van der Waals surface area contributed by atoms with E-state index in [0.717, 1.165) is 25.9 Å². The van der Waals surface area contributed by atoms with E-state index in [9.17, 15) is 9.59 Å². The van der Waals surface area contributed by atoms with Crippen molar-refractivity contribution in [3.05, 3.63) is 48.2 Å². The molecule has 1 saturated heterocycles. The molecule has 3 amide bonds. The minimum absolute atomic E-state index is 0.246. The number of rotatable bonds is 7. The fraction of sp³-hybridized carbons (Fsp3) is 0.480. The summed E-state index contributed by atoms with van der Waals surface area (Å²) in [6, 6.07) is 11.0. The number of hydrogen-bond acceptors (Lipinski definition) is 5. The molecular weight excluding hydrogens is 416 g/mol. The zero-order chi connectivity index (χ0) is 23.2. The highest BCUT2D eigenvalue weighted by Crippen LogP contribution is 2.35. The van der Waals surface area contributed by atoms with Gasteiger partial charge in [0, 0.05) is 25.3 Å². The number of hydrogen-bond donors (Lipinski definition) is 2. The molecule has 2 N–H and O–H groups in total. The zero-order valence-electron chi connectivity index (χ0n) is 19.6. The monoisotopic (exact) mass is 450 g/mol. The summed E-state index contributed by atoms with van der Waals surface area (Å²) in [4.78, 5) is 36.7. The molecule has 176 valence electrons. The quantitative estimate of drug-likeness (QED) is 0.629. The minimum atomic E-state index is -0.276. The Morgan fingerprint density at radius 3 is 2.88 bits per heavy atom. The minimum Gasteiger partial charge on any atom is -0.337 e. The molecule has 0 spiro atoms. The maximum atomic E-state index is 13.2. The zero-order valence-corrected chi connectivity index (χ0v) is 19.6. The number of carbonyl (C=O) groups excluding carboxylic acids is 2. The first-order valence-electron chi connectivity index (χ1n) is 11.9. The second-order valence-corrected chi connectivity index (χ2v) is 9.07. The Morgan fingerprint density at radius 1 is 1.18 bits per heavy atom. The van der Waals surface area contributed by atoms with Crippen molar-refractivity contribution >= 4 is 29.1 Å². The summed E-state index contributed by atoms with van der Waals surface area (Å²) in [5.74, 6) is 0.178. The molecule has 2 aliphatic heterocycles. The van der Waals surface area contributed by atoms with Gasteiger partial charge in [-0.3, -0.25) is 9.69 Å². The van der Waals surface area contributed by atoms with Gasteiger partial charge in [0.25, 0.3) is 5.91 Å². The van der Waals surface area contributed by atoms with Crippen LogP contribution in [0.5, 0.6) is 0 Å². The van der Waals surface area contributed by atoms with E-state index in [2.05, 4.69) is 39.5 Å². The molecule has 0 aliphatic carbocycles. The number of para-hydroxylation sites is 1. The topological polar surface area (TPSA) is 80.8 Å². The number of likely N-dealkylation sites (tertiary alicyclic amines) is 1. The number of amides is 3. The highest BCUT2D eigenvalue weighted by atomic mass is 16.2. The van der Waals surface area contributed by atoms with Crippen molar-refractivity contribution in [3.63, 3.8) is 0 Å². The third-order valence-corrected chi connectivity index (χ3v) is 6.31. The van der Waals surface area contributed by atoms with Gasteiger partial charge in [-0.2, -0.15) is 0 Å². The van der Waals surface area contributed by atoms with Crippen LogP contribution in [0.25, 0.3) is 0 Å². The molecule has 33 heavy (non-hydrogen) atoms. The van der Waals surface area contributed by atoms with E-state index in [0.29, 0.717) is 35.3 Å². The number of aromatic nitrogens is 1. The van der Waals surface area contributed by atoms with Crippen LogP contribution in [0, 0.1) is 0 Å². The molecule has 0 radical (unpaired) electrons. The molecule has 0 bridgehead atoms. The van der Waals surface area contributed by atoms with Gasteiger partial charge >= 0.3 is 6.03 Å². The Balaban J connectivity index is 1.37. The van der Waals surface area contributed by atoms with Gasteiger partial charge in [-0.05, 0) is 77.1 Å². The molecular formula is C25H34N6O2. The molecule has 2 aliphatic rings. The lowest BCUT2D eigenvalue weighted by Gasteiger charge is -2.37. The molecule has 1 fully saturated rings. The molecule has 8 nitrogen and oxygen atoms in total. The van der Waals surface area contributed by atoms with Crippen LogP contribution in [0.3, 0.4) is 0 Å². The summed E-state index contributed by atoms with van der Waals surface area (Å²) in [7, 11) is 4.28. The number of fused-ring (bicyclic) bond motifs is 2. The predicted octanol–water partition coefficient (Wildman–Crippen LogP) is 3.69. The van der Waals surface area contributed by atoms with Crippen molar-refractivity contribution in [2.75, 3.05) is 50.5 Å². The average Bonchev–Trinajstić information content (AvgIpc) is 2.93. The lowest BCUT2D eigenvalue weighted by Crippen LogP contribution is -2.45. The van der Waals surface area contributed by atoms with Crippen LogP contribution in [0.2, 0.25) is 0 Å². The molecule has 1 aromatic heterocycles. The average molecular weight is 451 g/mol. The van der Waals surface area contributed by atoms with Gasteiger partial charge in [0.15, 0.2) is 5.82 Å². The maximum Gasteiger partial charge on any atom is 0.327 e. The number of pyridine rings is 1. The van der Waals surface area contributed by atoms with Crippen LogP contribution in [-0.2, 0) is 0 Å². The summed E-state index contributed by atoms with van der Waals surface area (Å²) in [6.45, 7) is 3.90. The van der Waals surface area contributed by atoms with Gasteiger partial charge < -0.3 is 15.5 Å². The molecule has 1 atom stereocenters. The summed E-state index contributed by atoms with van der Waals surface area (Å²) in [5, 5.41) is 5.90. The maximum absolute atomic E-state index is 13.2. The standard InChI is InChI=1S/C25H34N6O2/c1-29(2)18-19-10-5-7-16-30(19)17-8-6-14-27-25(33)31-22-13-4-3-11-20(22)24(32)28-21-12-9-15-26-23(21)31/h3-4,9,11-13,15,19H,5-8,10,14,16-18H2,1-2H3,(H,27,33)(H,28,32). The number of piperidine rings is 1. The third-order valence-electron chi connectivity index (χ3n) is 6.31. The molecule has 4 rings (SSSR count). The van der Waals surface area contributed by atoms with Crippen LogP contribution in [0.1, 0.15) is 42.5 Å².